The Bertz CT molecular complexity index is 397. The van der Waals surface area contributed by atoms with Crippen molar-refractivity contribution in [2.24, 2.45) is 16.8 Å². The number of carbonyl (C=O) groups excluding carboxylic acids is 1. The molecular formula is C17H25NO2. The summed E-state index contributed by atoms with van der Waals surface area (Å²) >= 11 is 0. The summed E-state index contributed by atoms with van der Waals surface area (Å²) in [4.78, 5) is 17.5. The van der Waals surface area contributed by atoms with Crippen molar-refractivity contribution in [3.63, 3.8) is 0 Å². The van der Waals surface area contributed by atoms with Gasteiger partial charge in [-0.1, -0.05) is 45.1 Å². The first-order chi connectivity index (χ1) is 9.77. The van der Waals surface area contributed by atoms with Gasteiger partial charge in [0.2, 0.25) is 5.90 Å². The van der Waals surface area contributed by atoms with Crippen molar-refractivity contribution in [1.82, 2.24) is 0 Å². The Balaban J connectivity index is 1.95. The molecule has 1 aliphatic heterocycles. The van der Waals surface area contributed by atoms with E-state index in [1.165, 1.54) is 38.5 Å². The fourth-order valence-electron chi connectivity index (χ4n) is 4.45. The Morgan fingerprint density at radius 1 is 1.00 bits per heavy atom. The van der Waals surface area contributed by atoms with Crippen LogP contribution in [0.25, 0.3) is 0 Å². The van der Waals surface area contributed by atoms with Crippen molar-refractivity contribution in [2.75, 3.05) is 0 Å². The number of esters is 1. The Labute approximate surface area is 121 Å². The zero-order chi connectivity index (χ0) is 14.0. The molecule has 2 aliphatic carbocycles. The highest BCUT2D eigenvalue weighted by molar-refractivity contribution is 6.05. The van der Waals surface area contributed by atoms with Gasteiger partial charge in [0.15, 0.2) is 5.54 Å². The van der Waals surface area contributed by atoms with Gasteiger partial charge in [-0.05, 0) is 43.6 Å². The molecule has 3 aliphatic rings. The molecule has 0 atom stereocenters. The van der Waals surface area contributed by atoms with Crippen LogP contribution in [0.5, 0.6) is 0 Å². The lowest BCUT2D eigenvalue weighted by Gasteiger charge is -2.41. The number of nitrogens with zero attached hydrogens (tertiary/aromatic N) is 1. The molecule has 0 spiro atoms. The molecule has 3 nitrogen and oxygen atoms in total. The van der Waals surface area contributed by atoms with E-state index < -0.39 is 5.54 Å². The first-order valence-corrected chi connectivity index (χ1v) is 8.22. The first kappa shape index (κ1) is 13.8. The third kappa shape index (κ3) is 2.21. The molecule has 0 bridgehead atoms. The summed E-state index contributed by atoms with van der Waals surface area (Å²) in [5, 5.41) is 0. The lowest BCUT2D eigenvalue weighted by Crippen LogP contribution is -2.50. The van der Waals surface area contributed by atoms with E-state index in [1.54, 1.807) is 6.08 Å². The molecule has 0 amide bonds. The van der Waals surface area contributed by atoms with Crippen LogP contribution in [0.15, 0.2) is 17.6 Å². The highest BCUT2D eigenvalue weighted by Gasteiger charge is 2.56. The largest absolute Gasteiger partial charge is 0.406 e. The molecule has 3 rings (SSSR count). The summed E-state index contributed by atoms with van der Waals surface area (Å²) in [7, 11) is 0. The Hall–Kier alpha value is -1.12. The topological polar surface area (TPSA) is 38.7 Å². The van der Waals surface area contributed by atoms with Crippen LogP contribution in [0.1, 0.15) is 64.2 Å². The minimum atomic E-state index is -0.579. The smallest absolute Gasteiger partial charge is 0.341 e. The quantitative estimate of drug-likeness (QED) is 0.729. The number of hydrogen-bond acceptors (Lipinski definition) is 3. The average Bonchev–Trinajstić information content (AvgIpc) is 2.87. The van der Waals surface area contributed by atoms with Crippen LogP contribution in [0.4, 0.5) is 0 Å². The predicted octanol–water partition coefficient (Wildman–Crippen LogP) is 4.03. The summed E-state index contributed by atoms with van der Waals surface area (Å²) in [5.74, 6) is 1.12. The molecule has 0 aromatic carbocycles. The van der Waals surface area contributed by atoms with Crippen molar-refractivity contribution in [3.8, 4) is 0 Å². The van der Waals surface area contributed by atoms with Gasteiger partial charge in [0.05, 0.1) is 0 Å². The number of carbonyl (C=O) groups is 1. The van der Waals surface area contributed by atoms with E-state index >= 15 is 0 Å². The lowest BCUT2D eigenvalue weighted by atomic mass is 9.64. The summed E-state index contributed by atoms with van der Waals surface area (Å²) in [6, 6.07) is 0. The van der Waals surface area contributed by atoms with E-state index in [9.17, 15) is 4.79 Å². The Kier molecular flexibility index (Phi) is 3.95. The predicted molar refractivity (Wildman–Crippen MR) is 79.6 cm³/mol. The number of hydrogen-bond donors (Lipinski definition) is 0. The maximum absolute atomic E-state index is 12.7. The minimum Gasteiger partial charge on any atom is -0.406 e. The van der Waals surface area contributed by atoms with Gasteiger partial charge in [-0.25, -0.2) is 9.79 Å². The number of ether oxygens (including phenoxy) is 1. The van der Waals surface area contributed by atoms with E-state index in [0.717, 1.165) is 25.7 Å². The zero-order valence-corrected chi connectivity index (χ0v) is 12.3. The Morgan fingerprint density at radius 2 is 1.50 bits per heavy atom. The Morgan fingerprint density at radius 3 is 1.90 bits per heavy atom. The summed E-state index contributed by atoms with van der Waals surface area (Å²) in [5.41, 5.74) is -0.579. The fraction of sp³-hybridized carbons (Fsp3) is 0.765. The van der Waals surface area contributed by atoms with Crippen LogP contribution in [0.3, 0.4) is 0 Å². The standard InChI is InChI=1S/C17H25NO2/c1-2-15-18-17(16(19)20-15,13-9-5-3-6-10-13)14-11-7-4-8-12-14/h2,13-14H,1,3-12H2. The van der Waals surface area contributed by atoms with Gasteiger partial charge in [-0.15, -0.1) is 0 Å². The normalized spacial score (nSPS) is 28.0. The number of aliphatic imine (C=N–C) groups is 1. The summed E-state index contributed by atoms with van der Waals surface area (Å²) < 4.78 is 5.43. The van der Waals surface area contributed by atoms with E-state index in [2.05, 4.69) is 6.58 Å². The van der Waals surface area contributed by atoms with Gasteiger partial charge in [0.1, 0.15) is 0 Å². The van der Waals surface area contributed by atoms with Crippen molar-refractivity contribution in [2.45, 2.75) is 69.7 Å². The molecule has 110 valence electrons. The van der Waals surface area contributed by atoms with Gasteiger partial charge in [0, 0.05) is 0 Å². The van der Waals surface area contributed by atoms with Crippen LogP contribution in [-0.2, 0) is 9.53 Å². The molecule has 0 unspecified atom stereocenters. The first-order valence-electron chi connectivity index (χ1n) is 8.22. The average molecular weight is 275 g/mol. The van der Waals surface area contributed by atoms with Gasteiger partial charge in [-0.3, -0.25) is 0 Å². The SMILES string of the molecule is C=CC1=NC(C2CCCCC2)(C2CCCCC2)C(=O)O1. The van der Waals surface area contributed by atoms with Crippen molar-refractivity contribution in [3.05, 3.63) is 12.7 Å². The highest BCUT2D eigenvalue weighted by atomic mass is 16.6. The van der Waals surface area contributed by atoms with Gasteiger partial charge < -0.3 is 4.74 Å². The van der Waals surface area contributed by atoms with Crippen LogP contribution in [-0.4, -0.2) is 17.4 Å². The second-order valence-electron chi connectivity index (χ2n) is 6.54. The number of rotatable bonds is 3. The van der Waals surface area contributed by atoms with Crippen LogP contribution in [0, 0.1) is 11.8 Å². The van der Waals surface area contributed by atoms with E-state index in [1.807, 2.05) is 0 Å². The zero-order valence-electron chi connectivity index (χ0n) is 12.3. The minimum absolute atomic E-state index is 0.0915. The van der Waals surface area contributed by atoms with E-state index in [0.29, 0.717) is 17.7 Å². The summed E-state index contributed by atoms with van der Waals surface area (Å²) in [6.07, 6.45) is 13.6. The van der Waals surface area contributed by atoms with Gasteiger partial charge >= 0.3 is 5.97 Å². The third-order valence-corrected chi connectivity index (χ3v) is 5.45. The van der Waals surface area contributed by atoms with Gasteiger partial charge in [-0.2, -0.15) is 0 Å². The fourth-order valence-corrected chi connectivity index (χ4v) is 4.45. The van der Waals surface area contributed by atoms with Crippen molar-refractivity contribution >= 4 is 11.9 Å². The molecular weight excluding hydrogens is 250 g/mol. The summed E-state index contributed by atoms with van der Waals surface area (Å²) in [6.45, 7) is 3.72. The highest BCUT2D eigenvalue weighted by Crippen LogP contribution is 2.48. The molecule has 0 saturated heterocycles. The molecule has 0 radical (unpaired) electrons. The maximum atomic E-state index is 12.7. The molecule has 0 aromatic heterocycles. The van der Waals surface area contributed by atoms with Crippen LogP contribution in [0.2, 0.25) is 0 Å². The molecule has 1 heterocycles. The van der Waals surface area contributed by atoms with Crippen molar-refractivity contribution in [1.29, 1.82) is 0 Å². The van der Waals surface area contributed by atoms with E-state index in [4.69, 9.17) is 9.73 Å². The molecule has 0 aromatic rings. The van der Waals surface area contributed by atoms with Crippen LogP contribution >= 0.6 is 0 Å². The molecule has 2 saturated carbocycles. The third-order valence-electron chi connectivity index (χ3n) is 5.45. The van der Waals surface area contributed by atoms with E-state index in [-0.39, 0.29) is 5.97 Å². The second-order valence-corrected chi connectivity index (χ2v) is 6.54. The monoisotopic (exact) mass is 275 g/mol. The van der Waals surface area contributed by atoms with Crippen LogP contribution < -0.4 is 0 Å². The molecule has 2 fully saturated rings. The maximum Gasteiger partial charge on any atom is 0.341 e. The molecule has 20 heavy (non-hydrogen) atoms. The van der Waals surface area contributed by atoms with Crippen molar-refractivity contribution < 1.29 is 9.53 Å². The van der Waals surface area contributed by atoms with Gasteiger partial charge in [0.25, 0.3) is 0 Å². The molecule has 0 N–H and O–H groups in total. The lowest BCUT2D eigenvalue weighted by molar-refractivity contribution is -0.144. The molecule has 3 heteroatoms. The number of cyclic esters (lactones) is 1. The second kappa shape index (κ2) is 5.71.